The van der Waals surface area contributed by atoms with Crippen LogP contribution >= 0.6 is 0 Å². The first-order valence-corrected chi connectivity index (χ1v) is 6.51. The summed E-state index contributed by atoms with van der Waals surface area (Å²) in [5, 5.41) is 14.4. The van der Waals surface area contributed by atoms with E-state index in [0.717, 1.165) is 38.0 Å². The minimum atomic E-state index is -0.427. The van der Waals surface area contributed by atoms with Crippen molar-refractivity contribution in [3.05, 3.63) is 18.0 Å². The van der Waals surface area contributed by atoms with Crippen molar-refractivity contribution >= 4 is 0 Å². The van der Waals surface area contributed by atoms with Crippen LogP contribution in [0.25, 0.3) is 0 Å². The van der Waals surface area contributed by atoms with Crippen molar-refractivity contribution in [1.29, 1.82) is 0 Å². The second-order valence-corrected chi connectivity index (χ2v) is 5.02. The van der Waals surface area contributed by atoms with Crippen molar-refractivity contribution in [2.24, 2.45) is 0 Å². The van der Waals surface area contributed by atoms with E-state index in [1.807, 2.05) is 10.7 Å². The highest BCUT2D eigenvalue weighted by Gasteiger charge is 2.20. The molecule has 4 nitrogen and oxygen atoms in total. The molecule has 0 amide bonds. The van der Waals surface area contributed by atoms with Crippen LogP contribution in [0.15, 0.2) is 12.3 Å². The Bertz CT molecular complexity index is 343. The van der Waals surface area contributed by atoms with Gasteiger partial charge >= 0.3 is 0 Å². The molecular weight excluding hydrogens is 216 g/mol. The van der Waals surface area contributed by atoms with E-state index in [0.29, 0.717) is 6.10 Å². The van der Waals surface area contributed by atoms with Gasteiger partial charge in [-0.1, -0.05) is 0 Å². The van der Waals surface area contributed by atoms with Gasteiger partial charge in [0.25, 0.3) is 0 Å². The molecule has 1 aliphatic heterocycles. The van der Waals surface area contributed by atoms with Gasteiger partial charge in [0.2, 0.25) is 0 Å². The molecule has 1 aliphatic rings. The van der Waals surface area contributed by atoms with Crippen LogP contribution in [-0.4, -0.2) is 27.6 Å². The minimum absolute atomic E-state index is 0.289. The quantitative estimate of drug-likeness (QED) is 0.857. The number of hydrogen-bond acceptors (Lipinski definition) is 3. The minimum Gasteiger partial charge on any atom is -0.387 e. The van der Waals surface area contributed by atoms with Crippen molar-refractivity contribution in [3.63, 3.8) is 0 Å². The first-order valence-electron chi connectivity index (χ1n) is 6.51. The molecule has 2 atom stereocenters. The molecule has 2 rings (SSSR count). The Labute approximate surface area is 103 Å². The molecule has 0 radical (unpaired) electrons. The summed E-state index contributed by atoms with van der Waals surface area (Å²) in [6, 6.07) is 2.19. The Morgan fingerprint density at radius 2 is 2.41 bits per heavy atom. The average molecular weight is 238 g/mol. The number of rotatable bonds is 5. The molecule has 1 aromatic heterocycles. The number of ether oxygens (including phenoxy) is 1. The van der Waals surface area contributed by atoms with Gasteiger partial charge in [-0.15, -0.1) is 0 Å². The van der Waals surface area contributed by atoms with E-state index in [4.69, 9.17) is 4.74 Å². The van der Waals surface area contributed by atoms with Crippen LogP contribution < -0.4 is 0 Å². The lowest BCUT2D eigenvalue weighted by Crippen LogP contribution is -2.13. The molecule has 1 aromatic rings. The number of aliphatic hydroxyl groups excluding tert-OH is 1. The number of hydrogen-bond donors (Lipinski definition) is 1. The molecule has 1 N–H and O–H groups in total. The first kappa shape index (κ1) is 12.6. The fraction of sp³-hybridized carbons (Fsp3) is 0.769. The van der Waals surface area contributed by atoms with Gasteiger partial charge in [0, 0.05) is 18.8 Å². The van der Waals surface area contributed by atoms with Crippen LogP contribution in [0.3, 0.4) is 0 Å². The van der Waals surface area contributed by atoms with Gasteiger partial charge in [-0.3, -0.25) is 4.68 Å². The molecule has 0 spiro atoms. The standard InChI is InChI=1S/C13H22N2O2/c1-10(2)15-12(7-8-14-15)13(16)6-5-11-4-3-9-17-11/h7-8,10-11,13,16H,3-6,9H2,1-2H3. The zero-order chi connectivity index (χ0) is 12.3. The molecule has 17 heavy (non-hydrogen) atoms. The van der Waals surface area contributed by atoms with E-state index >= 15 is 0 Å². The molecule has 0 saturated carbocycles. The lowest BCUT2D eigenvalue weighted by Gasteiger charge is -2.17. The Kier molecular flexibility index (Phi) is 4.18. The summed E-state index contributed by atoms with van der Waals surface area (Å²) in [7, 11) is 0. The zero-order valence-corrected chi connectivity index (χ0v) is 10.7. The van der Waals surface area contributed by atoms with Gasteiger partial charge in [-0.2, -0.15) is 5.10 Å². The van der Waals surface area contributed by atoms with Crippen molar-refractivity contribution in [3.8, 4) is 0 Å². The largest absolute Gasteiger partial charge is 0.387 e. The summed E-state index contributed by atoms with van der Waals surface area (Å²) in [5.74, 6) is 0. The van der Waals surface area contributed by atoms with Crippen LogP contribution in [0.2, 0.25) is 0 Å². The van der Waals surface area contributed by atoms with Crippen LogP contribution in [0.4, 0.5) is 0 Å². The van der Waals surface area contributed by atoms with Crippen molar-refractivity contribution < 1.29 is 9.84 Å². The predicted molar refractivity (Wildman–Crippen MR) is 65.8 cm³/mol. The van der Waals surface area contributed by atoms with Gasteiger partial charge < -0.3 is 9.84 Å². The summed E-state index contributed by atoms with van der Waals surface area (Å²) in [5.41, 5.74) is 0.915. The Balaban J connectivity index is 1.89. The van der Waals surface area contributed by atoms with Gasteiger partial charge in [0.05, 0.1) is 17.9 Å². The Morgan fingerprint density at radius 3 is 3.06 bits per heavy atom. The molecule has 96 valence electrons. The first-order chi connectivity index (χ1) is 8.18. The molecular formula is C13H22N2O2. The third-order valence-electron chi connectivity index (χ3n) is 3.32. The molecule has 2 heterocycles. The van der Waals surface area contributed by atoms with Crippen LogP contribution in [0, 0.1) is 0 Å². The molecule has 0 aromatic carbocycles. The van der Waals surface area contributed by atoms with Crippen molar-refractivity contribution in [2.75, 3.05) is 6.61 Å². The topological polar surface area (TPSA) is 47.3 Å². The number of aromatic nitrogens is 2. The second kappa shape index (κ2) is 5.65. The Morgan fingerprint density at radius 1 is 1.59 bits per heavy atom. The normalized spacial score (nSPS) is 22.2. The zero-order valence-electron chi connectivity index (χ0n) is 10.7. The van der Waals surface area contributed by atoms with Crippen molar-refractivity contribution in [2.45, 2.75) is 57.8 Å². The van der Waals surface area contributed by atoms with Gasteiger partial charge in [-0.05, 0) is 45.6 Å². The number of aliphatic hydroxyl groups is 1. The highest BCUT2D eigenvalue weighted by molar-refractivity contribution is 5.05. The van der Waals surface area contributed by atoms with Gasteiger partial charge in [0.15, 0.2) is 0 Å². The van der Waals surface area contributed by atoms with E-state index in [2.05, 4.69) is 18.9 Å². The van der Waals surface area contributed by atoms with Crippen molar-refractivity contribution in [1.82, 2.24) is 9.78 Å². The monoisotopic (exact) mass is 238 g/mol. The third kappa shape index (κ3) is 3.07. The highest BCUT2D eigenvalue weighted by Crippen LogP contribution is 2.24. The molecule has 4 heteroatoms. The lowest BCUT2D eigenvalue weighted by molar-refractivity contribution is 0.0785. The summed E-state index contributed by atoms with van der Waals surface area (Å²) in [6.45, 7) is 5.03. The maximum Gasteiger partial charge on any atom is 0.0957 e. The fourth-order valence-corrected chi connectivity index (χ4v) is 2.38. The molecule has 0 bridgehead atoms. The maximum atomic E-state index is 10.2. The summed E-state index contributed by atoms with van der Waals surface area (Å²) < 4.78 is 7.45. The Hall–Kier alpha value is -0.870. The van der Waals surface area contributed by atoms with E-state index in [1.165, 1.54) is 0 Å². The van der Waals surface area contributed by atoms with Gasteiger partial charge in [0.1, 0.15) is 0 Å². The van der Waals surface area contributed by atoms with E-state index in [1.54, 1.807) is 6.20 Å². The van der Waals surface area contributed by atoms with Gasteiger partial charge in [-0.25, -0.2) is 0 Å². The second-order valence-electron chi connectivity index (χ2n) is 5.02. The van der Waals surface area contributed by atoms with E-state index in [9.17, 15) is 5.11 Å². The van der Waals surface area contributed by atoms with E-state index < -0.39 is 6.10 Å². The summed E-state index contributed by atoms with van der Waals surface area (Å²) in [4.78, 5) is 0. The number of nitrogens with zero attached hydrogens (tertiary/aromatic N) is 2. The average Bonchev–Trinajstić information content (AvgIpc) is 2.96. The third-order valence-corrected chi connectivity index (χ3v) is 3.32. The highest BCUT2D eigenvalue weighted by atomic mass is 16.5. The predicted octanol–water partition coefficient (Wildman–Crippen LogP) is 2.46. The maximum absolute atomic E-state index is 10.2. The SMILES string of the molecule is CC(C)n1nccc1C(O)CCC1CCCO1. The van der Waals surface area contributed by atoms with E-state index in [-0.39, 0.29) is 6.04 Å². The molecule has 2 unspecified atom stereocenters. The summed E-state index contributed by atoms with van der Waals surface area (Å²) in [6.07, 6.45) is 5.66. The lowest BCUT2D eigenvalue weighted by atomic mass is 10.1. The fourth-order valence-electron chi connectivity index (χ4n) is 2.38. The summed E-state index contributed by atoms with van der Waals surface area (Å²) >= 11 is 0. The molecule has 1 fully saturated rings. The molecule has 1 saturated heterocycles. The molecule has 0 aliphatic carbocycles. The van der Waals surface area contributed by atoms with Crippen LogP contribution in [0.5, 0.6) is 0 Å². The van der Waals surface area contributed by atoms with Crippen LogP contribution in [-0.2, 0) is 4.74 Å². The van der Waals surface area contributed by atoms with Crippen LogP contribution in [0.1, 0.15) is 57.4 Å². The smallest absolute Gasteiger partial charge is 0.0957 e.